The molecule has 1 N–H and O–H groups in total. The third-order valence-electron chi connectivity index (χ3n) is 1.73. The number of nitrogens with one attached hydrogen (secondary N) is 1. The highest BCUT2D eigenvalue weighted by Crippen LogP contribution is 1.93. The normalized spacial score (nSPS) is 11.5. The zero-order valence-electron chi connectivity index (χ0n) is 7.79. The maximum absolute atomic E-state index is 11.4. The number of nitrogens with zero attached hydrogens (tertiary/aromatic N) is 2. The Balaban J connectivity index is 4.08. The summed E-state index contributed by atoms with van der Waals surface area (Å²) in [7, 11) is 0. The lowest BCUT2D eigenvalue weighted by molar-refractivity contribution is -0.132. The number of amides is 1. The third kappa shape index (κ3) is 2.79. The Morgan fingerprint density at radius 3 is 2.42 bits per heavy atom. The van der Waals surface area contributed by atoms with Gasteiger partial charge in [0.05, 0.1) is 0 Å². The smallest absolute Gasteiger partial charge is 0.245 e. The third-order valence-corrected chi connectivity index (χ3v) is 1.73. The molecule has 1 amide bonds. The highest BCUT2D eigenvalue weighted by molar-refractivity contribution is 5.81. The molecular weight excluding hydrogens is 154 g/mol. The van der Waals surface area contributed by atoms with Gasteiger partial charge in [-0.2, -0.15) is 5.26 Å². The first-order chi connectivity index (χ1) is 5.67. The van der Waals surface area contributed by atoms with Crippen LogP contribution in [0.3, 0.4) is 0 Å². The van der Waals surface area contributed by atoms with Gasteiger partial charge in [-0.15, -0.1) is 0 Å². The minimum Gasteiger partial charge on any atom is -0.341 e. The van der Waals surface area contributed by atoms with E-state index in [0.717, 1.165) is 0 Å². The van der Waals surface area contributed by atoms with Gasteiger partial charge in [0, 0.05) is 13.1 Å². The van der Waals surface area contributed by atoms with Gasteiger partial charge in [0.15, 0.2) is 6.19 Å². The molecule has 4 heteroatoms. The van der Waals surface area contributed by atoms with Gasteiger partial charge in [0.2, 0.25) is 5.91 Å². The van der Waals surface area contributed by atoms with E-state index >= 15 is 0 Å². The molecule has 0 aliphatic heterocycles. The molecule has 0 spiro atoms. The molecule has 0 heterocycles. The van der Waals surface area contributed by atoms with Gasteiger partial charge in [0.1, 0.15) is 6.04 Å². The largest absolute Gasteiger partial charge is 0.341 e. The van der Waals surface area contributed by atoms with E-state index in [9.17, 15) is 4.79 Å². The molecule has 4 nitrogen and oxygen atoms in total. The van der Waals surface area contributed by atoms with Crippen LogP contribution in [0.25, 0.3) is 0 Å². The minimum atomic E-state index is -0.408. The molecule has 0 bridgehead atoms. The molecule has 0 fully saturated rings. The first kappa shape index (κ1) is 10.8. The Hall–Kier alpha value is -1.24. The van der Waals surface area contributed by atoms with Gasteiger partial charge in [-0.3, -0.25) is 4.79 Å². The molecule has 0 aromatic rings. The molecule has 0 aromatic carbocycles. The monoisotopic (exact) mass is 169 g/mol. The maximum atomic E-state index is 11.4. The van der Waals surface area contributed by atoms with Crippen molar-refractivity contribution in [2.75, 3.05) is 13.1 Å². The Morgan fingerprint density at radius 1 is 1.58 bits per heavy atom. The van der Waals surface area contributed by atoms with Crippen molar-refractivity contribution in [1.82, 2.24) is 10.2 Å². The van der Waals surface area contributed by atoms with Crippen molar-refractivity contribution >= 4 is 5.91 Å². The molecule has 0 aliphatic rings. The SMILES string of the molecule is CCN(CC)C(=O)C(C)NC#N. The number of carbonyl (C=O) groups excluding carboxylic acids is 1. The van der Waals surface area contributed by atoms with Crippen molar-refractivity contribution in [3.8, 4) is 6.19 Å². The summed E-state index contributed by atoms with van der Waals surface area (Å²) in [5.41, 5.74) is 0. The quantitative estimate of drug-likeness (QED) is 0.487. The van der Waals surface area contributed by atoms with Crippen molar-refractivity contribution in [1.29, 1.82) is 5.26 Å². The van der Waals surface area contributed by atoms with Gasteiger partial charge in [-0.05, 0) is 20.8 Å². The van der Waals surface area contributed by atoms with Crippen molar-refractivity contribution in [2.24, 2.45) is 0 Å². The number of carbonyl (C=O) groups is 1. The van der Waals surface area contributed by atoms with E-state index in [1.165, 1.54) is 0 Å². The highest BCUT2D eigenvalue weighted by Gasteiger charge is 2.16. The molecule has 0 saturated heterocycles. The van der Waals surface area contributed by atoms with Crippen LogP contribution < -0.4 is 5.32 Å². The first-order valence-corrected chi connectivity index (χ1v) is 4.10. The standard InChI is InChI=1S/C8H15N3O/c1-4-11(5-2)8(12)7(3)10-6-9/h7,10H,4-5H2,1-3H3. The van der Waals surface area contributed by atoms with E-state index in [1.54, 1.807) is 18.0 Å². The van der Waals surface area contributed by atoms with E-state index < -0.39 is 6.04 Å². The topological polar surface area (TPSA) is 56.1 Å². The van der Waals surface area contributed by atoms with Crippen molar-refractivity contribution in [2.45, 2.75) is 26.8 Å². The van der Waals surface area contributed by atoms with Gasteiger partial charge < -0.3 is 10.2 Å². The molecule has 0 aromatic heterocycles. The van der Waals surface area contributed by atoms with Crippen LogP contribution in [-0.2, 0) is 4.79 Å². The fourth-order valence-corrected chi connectivity index (χ4v) is 0.968. The van der Waals surface area contributed by atoms with E-state index in [0.29, 0.717) is 13.1 Å². The summed E-state index contributed by atoms with van der Waals surface area (Å²) in [5, 5.41) is 10.7. The van der Waals surface area contributed by atoms with Crippen LogP contribution in [-0.4, -0.2) is 29.9 Å². The molecule has 0 rings (SSSR count). The van der Waals surface area contributed by atoms with Crippen LogP contribution in [0.4, 0.5) is 0 Å². The van der Waals surface area contributed by atoms with Gasteiger partial charge in [0.25, 0.3) is 0 Å². The predicted molar refractivity (Wildman–Crippen MR) is 46.1 cm³/mol. The number of hydrogen-bond acceptors (Lipinski definition) is 3. The van der Waals surface area contributed by atoms with Gasteiger partial charge in [-0.25, -0.2) is 0 Å². The minimum absolute atomic E-state index is 0.0263. The average molecular weight is 169 g/mol. The molecule has 0 aliphatic carbocycles. The predicted octanol–water partition coefficient (Wildman–Crippen LogP) is 0.314. The Bertz CT molecular complexity index is 181. The van der Waals surface area contributed by atoms with Crippen LogP contribution in [0.2, 0.25) is 0 Å². The second-order valence-corrected chi connectivity index (χ2v) is 2.49. The lowest BCUT2D eigenvalue weighted by Crippen LogP contribution is -2.43. The van der Waals surface area contributed by atoms with Gasteiger partial charge in [-0.1, -0.05) is 0 Å². The van der Waals surface area contributed by atoms with Gasteiger partial charge >= 0.3 is 0 Å². The van der Waals surface area contributed by atoms with Crippen LogP contribution in [0.5, 0.6) is 0 Å². The Labute approximate surface area is 73.2 Å². The summed E-state index contributed by atoms with van der Waals surface area (Å²) >= 11 is 0. The van der Waals surface area contributed by atoms with Crippen molar-refractivity contribution in [3.05, 3.63) is 0 Å². The molecule has 1 atom stereocenters. The summed E-state index contributed by atoms with van der Waals surface area (Å²) in [6.07, 6.45) is 1.75. The molecule has 0 radical (unpaired) electrons. The number of likely N-dealkylation sites (N-methyl/N-ethyl adjacent to an activating group) is 1. The summed E-state index contributed by atoms with van der Waals surface area (Å²) < 4.78 is 0. The first-order valence-electron chi connectivity index (χ1n) is 4.10. The summed E-state index contributed by atoms with van der Waals surface area (Å²) in [4.78, 5) is 13.1. The second kappa shape index (κ2) is 5.42. The number of hydrogen-bond donors (Lipinski definition) is 1. The summed E-state index contributed by atoms with van der Waals surface area (Å²) in [6, 6.07) is -0.408. The lowest BCUT2D eigenvalue weighted by Gasteiger charge is -2.21. The van der Waals surface area contributed by atoms with E-state index in [4.69, 9.17) is 5.26 Å². The summed E-state index contributed by atoms with van der Waals surface area (Å²) in [5.74, 6) is -0.0263. The van der Waals surface area contributed by atoms with E-state index in [-0.39, 0.29) is 5.91 Å². The van der Waals surface area contributed by atoms with Crippen molar-refractivity contribution < 1.29 is 4.79 Å². The van der Waals surface area contributed by atoms with E-state index in [2.05, 4.69) is 5.32 Å². The Kier molecular flexibility index (Phi) is 4.86. The maximum Gasteiger partial charge on any atom is 0.245 e. The lowest BCUT2D eigenvalue weighted by atomic mass is 10.3. The number of rotatable bonds is 4. The molecule has 0 saturated carbocycles. The zero-order chi connectivity index (χ0) is 9.56. The number of nitriles is 1. The second-order valence-electron chi connectivity index (χ2n) is 2.49. The fraction of sp³-hybridized carbons (Fsp3) is 0.750. The van der Waals surface area contributed by atoms with Crippen molar-refractivity contribution in [3.63, 3.8) is 0 Å². The molecule has 68 valence electrons. The Morgan fingerprint density at radius 2 is 2.08 bits per heavy atom. The van der Waals surface area contributed by atoms with Crippen LogP contribution in [0.15, 0.2) is 0 Å². The zero-order valence-corrected chi connectivity index (χ0v) is 7.79. The van der Waals surface area contributed by atoms with Crippen LogP contribution >= 0.6 is 0 Å². The summed E-state index contributed by atoms with van der Waals surface area (Å²) in [6.45, 7) is 6.89. The molecule has 1 unspecified atom stereocenters. The fourth-order valence-electron chi connectivity index (χ4n) is 0.968. The van der Waals surface area contributed by atoms with Crippen LogP contribution in [0, 0.1) is 11.5 Å². The molecular formula is C8H15N3O. The highest BCUT2D eigenvalue weighted by atomic mass is 16.2. The van der Waals surface area contributed by atoms with Crippen LogP contribution in [0.1, 0.15) is 20.8 Å². The average Bonchev–Trinajstić information content (AvgIpc) is 2.07. The molecule has 12 heavy (non-hydrogen) atoms. The van der Waals surface area contributed by atoms with E-state index in [1.807, 2.05) is 13.8 Å².